The van der Waals surface area contributed by atoms with E-state index in [1.807, 2.05) is 13.1 Å². The summed E-state index contributed by atoms with van der Waals surface area (Å²) in [5.74, 6) is 0.761. The van der Waals surface area contributed by atoms with Gasteiger partial charge in [0.2, 0.25) is 0 Å². The molecule has 0 spiro atoms. The molecule has 0 heterocycles. The molecule has 1 aromatic rings. The van der Waals surface area contributed by atoms with Crippen LogP contribution in [0.25, 0.3) is 0 Å². The second-order valence-electron chi connectivity index (χ2n) is 4.57. The Bertz CT molecular complexity index is 430. The molecular weight excluding hydrogens is 218 g/mol. The third-order valence-corrected chi connectivity index (χ3v) is 3.07. The number of hydrogen-bond donors (Lipinski definition) is 1. The topological polar surface area (TPSA) is 58.4 Å². The average Bonchev–Trinajstić information content (AvgIpc) is 3.12. The van der Waals surface area contributed by atoms with E-state index in [1.165, 1.54) is 12.8 Å². The molecule has 1 saturated carbocycles. The molecule has 2 rings (SSSR count). The summed E-state index contributed by atoms with van der Waals surface area (Å²) in [5.41, 5.74) is 1.81. The lowest BCUT2D eigenvalue weighted by molar-refractivity contribution is -0.384. The maximum Gasteiger partial charge on any atom is 0.273 e. The highest BCUT2D eigenvalue weighted by atomic mass is 16.6. The monoisotopic (exact) mass is 235 g/mol. The van der Waals surface area contributed by atoms with Crippen molar-refractivity contribution in [1.29, 1.82) is 0 Å². The Balaban J connectivity index is 2.24. The first kappa shape index (κ1) is 11.7. The van der Waals surface area contributed by atoms with Crippen LogP contribution in [-0.2, 0) is 0 Å². The molecule has 0 unspecified atom stereocenters. The summed E-state index contributed by atoms with van der Waals surface area (Å²) in [6, 6.07) is 5.12. The number of nitro benzene ring substituents is 1. The molecule has 1 N–H and O–H groups in total. The van der Waals surface area contributed by atoms with Crippen molar-refractivity contribution in [3.63, 3.8) is 0 Å². The quantitative estimate of drug-likeness (QED) is 0.629. The number of nitrogens with one attached hydrogen (secondary N) is 1. The van der Waals surface area contributed by atoms with Gasteiger partial charge in [0, 0.05) is 44.1 Å². The second-order valence-corrected chi connectivity index (χ2v) is 4.57. The Hall–Kier alpha value is -1.78. The van der Waals surface area contributed by atoms with Crippen molar-refractivity contribution in [3.8, 4) is 0 Å². The van der Waals surface area contributed by atoms with Crippen molar-refractivity contribution in [2.24, 2.45) is 5.92 Å². The molecule has 0 aliphatic heterocycles. The lowest BCUT2D eigenvalue weighted by Gasteiger charge is -2.19. The molecule has 1 aliphatic rings. The van der Waals surface area contributed by atoms with E-state index in [4.69, 9.17) is 0 Å². The molecule has 0 radical (unpaired) electrons. The molecule has 5 heteroatoms. The smallest absolute Gasteiger partial charge is 0.273 e. The molecule has 0 amide bonds. The van der Waals surface area contributed by atoms with Crippen molar-refractivity contribution in [1.82, 2.24) is 0 Å². The fourth-order valence-electron chi connectivity index (χ4n) is 1.86. The summed E-state index contributed by atoms with van der Waals surface area (Å²) in [4.78, 5) is 12.6. The number of hydrogen-bond acceptors (Lipinski definition) is 4. The van der Waals surface area contributed by atoms with E-state index in [9.17, 15) is 10.1 Å². The van der Waals surface area contributed by atoms with Gasteiger partial charge in [-0.05, 0) is 24.8 Å². The molecule has 1 aromatic carbocycles. The zero-order chi connectivity index (χ0) is 12.4. The van der Waals surface area contributed by atoms with E-state index in [0.29, 0.717) is 0 Å². The van der Waals surface area contributed by atoms with Crippen LogP contribution < -0.4 is 10.2 Å². The van der Waals surface area contributed by atoms with Crippen LogP contribution in [-0.4, -0.2) is 25.6 Å². The van der Waals surface area contributed by atoms with E-state index in [0.717, 1.165) is 23.8 Å². The molecule has 5 nitrogen and oxygen atoms in total. The van der Waals surface area contributed by atoms with Gasteiger partial charge in [0.15, 0.2) is 0 Å². The summed E-state index contributed by atoms with van der Waals surface area (Å²) in [7, 11) is 3.75. The van der Waals surface area contributed by atoms with Crippen molar-refractivity contribution >= 4 is 17.1 Å². The summed E-state index contributed by atoms with van der Waals surface area (Å²) in [6.45, 7) is 0.977. The molecule has 0 bridgehead atoms. The van der Waals surface area contributed by atoms with Crippen LogP contribution in [0.4, 0.5) is 17.1 Å². The van der Waals surface area contributed by atoms with Crippen LogP contribution >= 0.6 is 0 Å². The van der Waals surface area contributed by atoms with Crippen molar-refractivity contribution in [2.45, 2.75) is 12.8 Å². The first-order valence-corrected chi connectivity index (χ1v) is 5.78. The van der Waals surface area contributed by atoms with E-state index in [2.05, 4.69) is 10.2 Å². The van der Waals surface area contributed by atoms with Gasteiger partial charge in [-0.15, -0.1) is 0 Å². The number of nitro groups is 1. The van der Waals surface area contributed by atoms with E-state index in [1.54, 1.807) is 19.2 Å². The number of rotatable bonds is 5. The van der Waals surface area contributed by atoms with E-state index in [-0.39, 0.29) is 10.6 Å². The normalized spacial score (nSPS) is 14.5. The van der Waals surface area contributed by atoms with Crippen LogP contribution in [0.1, 0.15) is 12.8 Å². The molecule has 0 atom stereocenters. The Morgan fingerprint density at radius 3 is 2.71 bits per heavy atom. The summed E-state index contributed by atoms with van der Waals surface area (Å²) in [6.07, 6.45) is 2.55. The first-order valence-electron chi connectivity index (χ1n) is 5.78. The minimum absolute atomic E-state index is 0.134. The summed E-state index contributed by atoms with van der Waals surface area (Å²) < 4.78 is 0. The molecule has 0 aromatic heterocycles. The van der Waals surface area contributed by atoms with E-state index < -0.39 is 0 Å². The van der Waals surface area contributed by atoms with Gasteiger partial charge in [-0.1, -0.05) is 0 Å². The maximum atomic E-state index is 10.8. The van der Waals surface area contributed by atoms with E-state index >= 15 is 0 Å². The number of anilines is 2. The Morgan fingerprint density at radius 2 is 2.18 bits per heavy atom. The Morgan fingerprint density at radius 1 is 1.47 bits per heavy atom. The fourth-order valence-corrected chi connectivity index (χ4v) is 1.86. The van der Waals surface area contributed by atoms with Crippen LogP contribution in [0.2, 0.25) is 0 Å². The van der Waals surface area contributed by atoms with Gasteiger partial charge in [-0.25, -0.2) is 0 Å². The highest BCUT2D eigenvalue weighted by Gasteiger charge is 2.23. The highest BCUT2D eigenvalue weighted by Crippen LogP contribution is 2.32. The predicted molar refractivity (Wildman–Crippen MR) is 68.6 cm³/mol. The second kappa shape index (κ2) is 4.61. The number of benzene rings is 1. The lowest BCUT2D eigenvalue weighted by atomic mass is 10.2. The molecular formula is C12H17N3O2. The highest BCUT2D eigenvalue weighted by molar-refractivity contribution is 5.64. The van der Waals surface area contributed by atoms with Gasteiger partial charge in [0.1, 0.15) is 0 Å². The molecule has 17 heavy (non-hydrogen) atoms. The average molecular weight is 235 g/mol. The van der Waals surface area contributed by atoms with Gasteiger partial charge in [-0.3, -0.25) is 10.1 Å². The van der Waals surface area contributed by atoms with Gasteiger partial charge in [0.25, 0.3) is 5.69 Å². The Labute approximate surface area is 101 Å². The fraction of sp³-hybridized carbons (Fsp3) is 0.500. The minimum atomic E-state index is -0.352. The third kappa shape index (κ3) is 2.87. The lowest BCUT2D eigenvalue weighted by Crippen LogP contribution is -2.20. The zero-order valence-electron chi connectivity index (χ0n) is 10.1. The number of nitrogens with zero attached hydrogens (tertiary/aromatic N) is 2. The molecule has 92 valence electrons. The van der Waals surface area contributed by atoms with Crippen LogP contribution in [0.3, 0.4) is 0 Å². The zero-order valence-corrected chi connectivity index (χ0v) is 10.1. The molecule has 1 fully saturated rings. The largest absolute Gasteiger partial charge is 0.388 e. The maximum absolute atomic E-state index is 10.8. The van der Waals surface area contributed by atoms with Crippen molar-refractivity contribution < 1.29 is 4.92 Å². The van der Waals surface area contributed by atoms with Gasteiger partial charge in [-0.2, -0.15) is 0 Å². The molecule has 0 saturated heterocycles. The van der Waals surface area contributed by atoms with Gasteiger partial charge >= 0.3 is 0 Å². The van der Waals surface area contributed by atoms with Gasteiger partial charge < -0.3 is 10.2 Å². The standard InChI is InChI=1S/C12H17N3O2/c1-13-10-5-11(7-12(6-10)15(16)17)14(2)8-9-3-4-9/h5-7,9,13H,3-4,8H2,1-2H3. The predicted octanol–water partition coefficient (Wildman–Crippen LogP) is 2.48. The molecule has 1 aliphatic carbocycles. The first-order chi connectivity index (χ1) is 8.10. The number of non-ortho nitro benzene ring substituents is 1. The minimum Gasteiger partial charge on any atom is -0.388 e. The third-order valence-electron chi connectivity index (χ3n) is 3.07. The van der Waals surface area contributed by atoms with Crippen molar-refractivity contribution in [3.05, 3.63) is 28.3 Å². The van der Waals surface area contributed by atoms with Crippen LogP contribution in [0.5, 0.6) is 0 Å². The van der Waals surface area contributed by atoms with Gasteiger partial charge in [0.05, 0.1) is 4.92 Å². The summed E-state index contributed by atoms with van der Waals surface area (Å²) in [5, 5.41) is 13.8. The SMILES string of the molecule is CNc1cc(N(C)CC2CC2)cc([N+](=O)[O-])c1. The van der Waals surface area contributed by atoms with Crippen LogP contribution in [0.15, 0.2) is 18.2 Å². The Kier molecular flexibility index (Phi) is 3.17. The van der Waals surface area contributed by atoms with Crippen LogP contribution in [0, 0.1) is 16.0 Å². The summed E-state index contributed by atoms with van der Waals surface area (Å²) >= 11 is 0. The van der Waals surface area contributed by atoms with Crippen molar-refractivity contribution in [2.75, 3.05) is 30.9 Å².